The van der Waals surface area contributed by atoms with Crippen molar-refractivity contribution in [3.63, 3.8) is 0 Å². The van der Waals surface area contributed by atoms with Crippen molar-refractivity contribution in [2.24, 2.45) is 11.3 Å². The zero-order valence-corrected chi connectivity index (χ0v) is 11.7. The minimum Gasteiger partial charge on any atom is -0.390 e. The normalized spacial score (nSPS) is 30.5. The lowest BCUT2D eigenvalue weighted by Gasteiger charge is -2.39. The second kappa shape index (κ2) is 6.72. The fraction of sp³-hybridized carbons (Fsp3) is 1.00. The molecule has 0 spiro atoms. The zero-order valence-electron chi connectivity index (χ0n) is 11.7. The highest BCUT2D eigenvalue weighted by atomic mass is 16.5. The van der Waals surface area contributed by atoms with Gasteiger partial charge < -0.3 is 14.6 Å². The summed E-state index contributed by atoms with van der Waals surface area (Å²) in [6, 6.07) is 0. The van der Waals surface area contributed by atoms with Crippen LogP contribution < -0.4 is 0 Å². The second-order valence-electron chi connectivity index (χ2n) is 6.20. The summed E-state index contributed by atoms with van der Waals surface area (Å²) in [5, 5.41) is 9.95. The Bertz CT molecular complexity index is 210. The first-order valence-electron chi connectivity index (χ1n) is 6.73. The summed E-state index contributed by atoms with van der Waals surface area (Å²) in [5.41, 5.74) is 0.314. The average Bonchev–Trinajstić information content (AvgIpc) is 2.25. The van der Waals surface area contributed by atoms with Gasteiger partial charge in [-0.1, -0.05) is 20.8 Å². The average molecular weight is 244 g/mol. The van der Waals surface area contributed by atoms with Crippen molar-refractivity contribution in [3.05, 3.63) is 0 Å². The summed E-state index contributed by atoms with van der Waals surface area (Å²) in [7, 11) is 1.70. The number of aliphatic hydroxyl groups is 1. The lowest BCUT2D eigenvalue weighted by molar-refractivity contribution is -0.0862. The van der Waals surface area contributed by atoms with E-state index in [9.17, 15) is 5.11 Å². The van der Waals surface area contributed by atoms with Gasteiger partial charge in [0.25, 0.3) is 0 Å². The molecule has 3 nitrogen and oxygen atoms in total. The van der Waals surface area contributed by atoms with Crippen LogP contribution in [0.1, 0.15) is 46.5 Å². The largest absolute Gasteiger partial charge is 0.390 e. The van der Waals surface area contributed by atoms with Crippen LogP contribution in [-0.4, -0.2) is 37.6 Å². The smallest absolute Gasteiger partial charge is 0.0836 e. The van der Waals surface area contributed by atoms with Gasteiger partial charge in [0, 0.05) is 20.3 Å². The molecule has 1 N–H and O–H groups in total. The van der Waals surface area contributed by atoms with Crippen molar-refractivity contribution >= 4 is 0 Å². The van der Waals surface area contributed by atoms with Gasteiger partial charge in [0.05, 0.1) is 12.2 Å². The van der Waals surface area contributed by atoms with Gasteiger partial charge in [-0.15, -0.1) is 0 Å². The molecule has 1 fully saturated rings. The van der Waals surface area contributed by atoms with E-state index >= 15 is 0 Å². The van der Waals surface area contributed by atoms with Gasteiger partial charge in [-0.25, -0.2) is 0 Å². The Hall–Kier alpha value is -0.120. The molecular weight excluding hydrogens is 216 g/mol. The monoisotopic (exact) mass is 244 g/mol. The molecule has 0 aromatic carbocycles. The van der Waals surface area contributed by atoms with Crippen LogP contribution in [0, 0.1) is 11.3 Å². The van der Waals surface area contributed by atoms with Gasteiger partial charge >= 0.3 is 0 Å². The van der Waals surface area contributed by atoms with E-state index in [2.05, 4.69) is 20.8 Å². The van der Waals surface area contributed by atoms with E-state index in [0.717, 1.165) is 32.3 Å². The minimum absolute atomic E-state index is 0.0184. The molecule has 0 saturated heterocycles. The first-order valence-corrected chi connectivity index (χ1v) is 6.73. The Kier molecular flexibility index (Phi) is 5.90. The third-order valence-electron chi connectivity index (χ3n) is 3.81. The van der Waals surface area contributed by atoms with Crippen molar-refractivity contribution in [1.29, 1.82) is 0 Å². The van der Waals surface area contributed by atoms with Gasteiger partial charge in [0.15, 0.2) is 0 Å². The summed E-state index contributed by atoms with van der Waals surface area (Å²) in [6.07, 6.45) is 3.61. The Balaban J connectivity index is 2.36. The summed E-state index contributed by atoms with van der Waals surface area (Å²) in [6.45, 7) is 8.24. The van der Waals surface area contributed by atoms with Crippen molar-refractivity contribution in [2.45, 2.75) is 58.7 Å². The van der Waals surface area contributed by atoms with E-state index in [1.807, 2.05) is 0 Å². The molecule has 0 aromatic heterocycles. The molecule has 0 heterocycles. The van der Waals surface area contributed by atoms with E-state index in [1.54, 1.807) is 7.11 Å². The SMILES string of the molecule is COCCCOC1CC(C(C)(C)C)CCC1O. The highest BCUT2D eigenvalue weighted by Gasteiger charge is 2.35. The second-order valence-corrected chi connectivity index (χ2v) is 6.20. The van der Waals surface area contributed by atoms with Crippen LogP contribution in [0.2, 0.25) is 0 Å². The number of hydrogen-bond acceptors (Lipinski definition) is 3. The highest BCUT2D eigenvalue weighted by Crippen LogP contribution is 2.38. The van der Waals surface area contributed by atoms with Gasteiger partial charge in [-0.05, 0) is 37.0 Å². The van der Waals surface area contributed by atoms with E-state index in [0.29, 0.717) is 17.9 Å². The van der Waals surface area contributed by atoms with Crippen LogP contribution in [0.3, 0.4) is 0 Å². The van der Waals surface area contributed by atoms with E-state index in [4.69, 9.17) is 9.47 Å². The molecule has 17 heavy (non-hydrogen) atoms. The molecule has 0 aliphatic heterocycles. The topological polar surface area (TPSA) is 38.7 Å². The van der Waals surface area contributed by atoms with Crippen LogP contribution in [0.5, 0.6) is 0 Å². The Morgan fingerprint density at radius 2 is 1.88 bits per heavy atom. The van der Waals surface area contributed by atoms with E-state index in [1.165, 1.54) is 0 Å². The van der Waals surface area contributed by atoms with Crippen molar-refractivity contribution in [2.75, 3.05) is 20.3 Å². The highest BCUT2D eigenvalue weighted by molar-refractivity contribution is 4.86. The molecule has 0 aromatic rings. The summed E-state index contributed by atoms with van der Waals surface area (Å²) >= 11 is 0. The molecular formula is C14H28O3. The summed E-state index contributed by atoms with van der Waals surface area (Å²) in [5.74, 6) is 0.651. The van der Waals surface area contributed by atoms with Crippen molar-refractivity contribution in [1.82, 2.24) is 0 Å². The molecule has 1 aliphatic rings. The quantitative estimate of drug-likeness (QED) is 0.756. The molecule has 3 atom stereocenters. The van der Waals surface area contributed by atoms with Crippen molar-refractivity contribution in [3.8, 4) is 0 Å². The van der Waals surface area contributed by atoms with Crippen LogP contribution in [-0.2, 0) is 9.47 Å². The maximum atomic E-state index is 9.95. The number of rotatable bonds is 5. The molecule has 3 unspecified atom stereocenters. The molecule has 102 valence electrons. The summed E-state index contributed by atoms with van der Waals surface area (Å²) in [4.78, 5) is 0. The molecule has 1 rings (SSSR count). The maximum absolute atomic E-state index is 9.95. The number of hydrogen-bond donors (Lipinski definition) is 1. The maximum Gasteiger partial charge on any atom is 0.0836 e. The lowest BCUT2D eigenvalue weighted by atomic mass is 9.71. The predicted molar refractivity (Wildman–Crippen MR) is 69.0 cm³/mol. The minimum atomic E-state index is -0.281. The molecule has 0 bridgehead atoms. The van der Waals surface area contributed by atoms with Gasteiger partial charge in [-0.3, -0.25) is 0 Å². The fourth-order valence-electron chi connectivity index (χ4n) is 2.52. The number of ether oxygens (including phenoxy) is 2. The van der Waals surface area contributed by atoms with Crippen LogP contribution >= 0.6 is 0 Å². The first-order chi connectivity index (χ1) is 7.95. The standard InChI is InChI=1S/C14H28O3/c1-14(2,3)11-6-7-12(15)13(10-11)17-9-5-8-16-4/h11-13,15H,5-10H2,1-4H3. The van der Waals surface area contributed by atoms with E-state index in [-0.39, 0.29) is 12.2 Å². The van der Waals surface area contributed by atoms with Crippen molar-refractivity contribution < 1.29 is 14.6 Å². The van der Waals surface area contributed by atoms with Gasteiger partial charge in [0.2, 0.25) is 0 Å². The van der Waals surface area contributed by atoms with E-state index < -0.39 is 0 Å². The first kappa shape index (κ1) is 14.9. The summed E-state index contributed by atoms with van der Waals surface area (Å²) < 4.78 is 10.8. The number of aliphatic hydroxyl groups excluding tert-OH is 1. The molecule has 3 heteroatoms. The Morgan fingerprint density at radius 3 is 2.47 bits per heavy atom. The molecule has 0 radical (unpaired) electrons. The Morgan fingerprint density at radius 1 is 1.18 bits per heavy atom. The molecule has 1 saturated carbocycles. The number of methoxy groups -OCH3 is 1. The lowest BCUT2D eigenvalue weighted by Crippen LogP contribution is -2.40. The third kappa shape index (κ3) is 4.94. The van der Waals surface area contributed by atoms with Gasteiger partial charge in [0.1, 0.15) is 0 Å². The van der Waals surface area contributed by atoms with Crippen LogP contribution in [0.15, 0.2) is 0 Å². The molecule has 0 amide bonds. The van der Waals surface area contributed by atoms with Gasteiger partial charge in [-0.2, -0.15) is 0 Å². The van der Waals surface area contributed by atoms with Crippen LogP contribution in [0.4, 0.5) is 0 Å². The fourth-order valence-corrected chi connectivity index (χ4v) is 2.52. The zero-order chi connectivity index (χ0) is 12.9. The van der Waals surface area contributed by atoms with Crippen LogP contribution in [0.25, 0.3) is 0 Å². The molecule has 1 aliphatic carbocycles. The predicted octanol–water partition coefficient (Wildman–Crippen LogP) is 2.62. The Labute approximate surface area is 105 Å². The third-order valence-corrected chi connectivity index (χ3v) is 3.81.